The molecule has 286 valence electrons. The third-order valence-electron chi connectivity index (χ3n) is 9.80. The number of unbranched alkanes of at least 4 members (excludes halogenated alkanes) is 12. The van der Waals surface area contributed by atoms with Crippen molar-refractivity contribution in [3.05, 3.63) is 95.1 Å². The maximum atomic E-state index is 12.6. The van der Waals surface area contributed by atoms with Gasteiger partial charge in [0.1, 0.15) is 5.75 Å². The molecule has 11 heteroatoms. The van der Waals surface area contributed by atoms with E-state index in [2.05, 4.69) is 27.8 Å². The van der Waals surface area contributed by atoms with Gasteiger partial charge in [-0.15, -0.1) is 5.10 Å². The zero-order valence-corrected chi connectivity index (χ0v) is 32.0. The van der Waals surface area contributed by atoms with Gasteiger partial charge in [0.2, 0.25) is 11.1 Å². The number of benzene rings is 3. The van der Waals surface area contributed by atoms with Crippen LogP contribution in [0.25, 0.3) is 5.69 Å². The van der Waals surface area contributed by atoms with E-state index in [1.54, 1.807) is 28.9 Å². The minimum Gasteiger partial charge on any atom is -0.508 e. The maximum Gasteiger partial charge on any atom is 0.220 e. The molecule has 0 bridgehead atoms. The number of carbonyl (C=O) groups is 1. The smallest absolute Gasteiger partial charge is 0.220 e. The van der Waals surface area contributed by atoms with Crippen LogP contribution in [0, 0.1) is 0 Å². The van der Waals surface area contributed by atoms with Gasteiger partial charge < -0.3 is 25.0 Å². The quantitative estimate of drug-likeness (QED) is 0.0502. The van der Waals surface area contributed by atoms with E-state index in [0.29, 0.717) is 30.3 Å². The normalized spacial score (nSPS) is 17.2. The number of carbonyl (C=O) groups excluding carboxylic acids is 1. The molecule has 1 saturated heterocycles. The second kappa shape index (κ2) is 22.4. The lowest BCUT2D eigenvalue weighted by Crippen LogP contribution is -2.31. The van der Waals surface area contributed by atoms with Crippen molar-refractivity contribution in [1.82, 2.24) is 25.5 Å². The van der Waals surface area contributed by atoms with Crippen molar-refractivity contribution in [3.8, 4) is 11.4 Å². The predicted octanol–water partition coefficient (Wildman–Crippen LogP) is 9.30. The Balaban J connectivity index is 1.07. The van der Waals surface area contributed by atoms with Gasteiger partial charge in [0, 0.05) is 30.7 Å². The van der Waals surface area contributed by atoms with E-state index in [0.717, 1.165) is 40.8 Å². The fraction of sp³-hybridized carbons (Fsp3) is 0.524. The van der Waals surface area contributed by atoms with E-state index in [9.17, 15) is 15.0 Å². The molecular weight excluding hydrogens is 687 g/mol. The van der Waals surface area contributed by atoms with Crippen LogP contribution in [-0.4, -0.2) is 48.2 Å². The van der Waals surface area contributed by atoms with Gasteiger partial charge in [-0.2, -0.15) is 4.68 Å². The van der Waals surface area contributed by atoms with Crippen LogP contribution in [-0.2, 0) is 27.4 Å². The molecule has 0 saturated carbocycles. The molecule has 1 aromatic heterocycles. The van der Waals surface area contributed by atoms with E-state index in [-0.39, 0.29) is 30.5 Å². The molecule has 0 radical (unpaired) electrons. The second-order valence-electron chi connectivity index (χ2n) is 14.1. The van der Waals surface area contributed by atoms with Crippen LogP contribution in [0.2, 0.25) is 0 Å². The highest BCUT2D eigenvalue weighted by molar-refractivity contribution is 7.99. The molecule has 5 rings (SSSR count). The molecule has 1 aliphatic rings. The lowest BCUT2D eigenvalue weighted by Gasteiger charge is -2.36. The van der Waals surface area contributed by atoms with E-state index < -0.39 is 6.29 Å². The summed E-state index contributed by atoms with van der Waals surface area (Å²) in [4.78, 5) is 12.6. The van der Waals surface area contributed by atoms with Crippen LogP contribution in [0.15, 0.2) is 78.0 Å². The van der Waals surface area contributed by atoms with Crippen LogP contribution < -0.4 is 5.32 Å². The number of rotatable bonds is 23. The highest BCUT2D eigenvalue weighted by Gasteiger charge is 2.32. The Morgan fingerprint density at radius 1 is 0.792 bits per heavy atom. The van der Waals surface area contributed by atoms with E-state index in [1.165, 1.54) is 82.4 Å². The van der Waals surface area contributed by atoms with Crippen molar-refractivity contribution in [2.45, 2.75) is 140 Å². The summed E-state index contributed by atoms with van der Waals surface area (Å²) in [7, 11) is 0. The van der Waals surface area contributed by atoms with E-state index >= 15 is 0 Å². The van der Waals surface area contributed by atoms with Crippen molar-refractivity contribution in [1.29, 1.82) is 0 Å². The number of hydrogen-bond donors (Lipinski definition) is 3. The van der Waals surface area contributed by atoms with Gasteiger partial charge in [-0.25, -0.2) is 0 Å². The molecule has 0 aliphatic carbocycles. The second-order valence-corrected chi connectivity index (χ2v) is 15.0. The first-order valence-electron chi connectivity index (χ1n) is 19.6. The van der Waals surface area contributed by atoms with Crippen molar-refractivity contribution >= 4 is 17.7 Å². The Kier molecular flexibility index (Phi) is 17.1. The molecule has 3 aromatic carbocycles. The van der Waals surface area contributed by atoms with Crippen molar-refractivity contribution in [3.63, 3.8) is 0 Å². The summed E-state index contributed by atoms with van der Waals surface area (Å²) < 4.78 is 14.7. The summed E-state index contributed by atoms with van der Waals surface area (Å²) >= 11 is 1.50. The van der Waals surface area contributed by atoms with Crippen LogP contribution in [0.1, 0.15) is 138 Å². The first kappa shape index (κ1) is 40.4. The molecule has 1 amide bonds. The maximum absolute atomic E-state index is 12.6. The first-order valence-corrected chi connectivity index (χ1v) is 20.6. The summed E-state index contributed by atoms with van der Waals surface area (Å²) in [5, 5.41) is 35.2. The highest BCUT2D eigenvalue weighted by atomic mass is 32.2. The Bertz CT molecular complexity index is 1620. The van der Waals surface area contributed by atoms with Gasteiger partial charge in [0.15, 0.2) is 6.29 Å². The SMILES string of the molecule is CCCCCCCCCCCCCCCC(=O)NCc1ccc(C2O[C@H](CSc3nnnn3-c3ccc(O)cc3)C[C@H](c3ccc(CO)cc3)O2)cc1. The molecule has 10 nitrogen and oxygen atoms in total. The minimum absolute atomic E-state index is 0.0151. The largest absolute Gasteiger partial charge is 0.508 e. The van der Waals surface area contributed by atoms with Gasteiger partial charge in [-0.05, 0) is 57.8 Å². The number of phenolic OH excluding ortho intramolecular Hbond substituents is 1. The number of phenols is 1. The monoisotopic (exact) mass is 743 g/mol. The Morgan fingerprint density at radius 2 is 1.40 bits per heavy atom. The van der Waals surface area contributed by atoms with Gasteiger partial charge in [0.05, 0.1) is 24.5 Å². The average Bonchev–Trinajstić information content (AvgIpc) is 3.67. The number of amides is 1. The fourth-order valence-corrected chi connectivity index (χ4v) is 7.51. The third-order valence-corrected chi connectivity index (χ3v) is 10.8. The molecule has 4 aromatic rings. The van der Waals surface area contributed by atoms with Gasteiger partial charge >= 0.3 is 0 Å². The fourth-order valence-electron chi connectivity index (χ4n) is 6.60. The van der Waals surface area contributed by atoms with Crippen molar-refractivity contribution in [2.75, 3.05) is 5.75 Å². The van der Waals surface area contributed by atoms with Gasteiger partial charge in [-0.1, -0.05) is 144 Å². The number of aromatic hydroxyl groups is 1. The Morgan fingerprint density at radius 3 is 2.04 bits per heavy atom. The van der Waals surface area contributed by atoms with Crippen LogP contribution in [0.3, 0.4) is 0 Å². The van der Waals surface area contributed by atoms with Gasteiger partial charge in [0.25, 0.3) is 0 Å². The molecular formula is C42H57N5O5S. The number of hydrogen-bond acceptors (Lipinski definition) is 9. The van der Waals surface area contributed by atoms with E-state index in [4.69, 9.17) is 9.47 Å². The summed E-state index contributed by atoms with van der Waals surface area (Å²) in [6.07, 6.45) is 17.0. The average molecular weight is 744 g/mol. The molecule has 2 heterocycles. The lowest BCUT2D eigenvalue weighted by atomic mass is 10.0. The molecule has 3 atom stereocenters. The molecule has 1 fully saturated rings. The summed E-state index contributed by atoms with van der Waals surface area (Å²) in [5.74, 6) is 0.865. The van der Waals surface area contributed by atoms with Crippen molar-refractivity contribution < 1.29 is 24.5 Å². The minimum atomic E-state index is -0.593. The first-order chi connectivity index (χ1) is 26.0. The highest BCUT2D eigenvalue weighted by Crippen LogP contribution is 2.39. The molecule has 53 heavy (non-hydrogen) atoms. The lowest BCUT2D eigenvalue weighted by molar-refractivity contribution is -0.245. The number of thioether (sulfide) groups is 1. The van der Waals surface area contributed by atoms with Crippen LogP contribution >= 0.6 is 11.8 Å². The summed E-state index contributed by atoms with van der Waals surface area (Å²) in [6.45, 7) is 2.74. The summed E-state index contributed by atoms with van der Waals surface area (Å²) in [6, 6.07) is 22.6. The Hall–Kier alpha value is -3.77. The molecule has 3 N–H and O–H groups in total. The Labute approximate surface area is 319 Å². The van der Waals surface area contributed by atoms with Crippen LogP contribution in [0.4, 0.5) is 0 Å². The number of nitrogens with one attached hydrogen (secondary N) is 1. The van der Waals surface area contributed by atoms with Crippen LogP contribution in [0.5, 0.6) is 5.75 Å². The number of aliphatic hydroxyl groups is 1. The number of aliphatic hydroxyl groups excluding tert-OH is 1. The number of tetrazole rings is 1. The number of nitrogens with zero attached hydrogens (tertiary/aromatic N) is 4. The molecule has 0 spiro atoms. The van der Waals surface area contributed by atoms with Gasteiger partial charge in [-0.3, -0.25) is 4.79 Å². The topological polar surface area (TPSA) is 132 Å². The van der Waals surface area contributed by atoms with Crippen molar-refractivity contribution in [2.24, 2.45) is 0 Å². The number of ether oxygens (including phenoxy) is 2. The zero-order chi connectivity index (χ0) is 37.1. The molecule has 1 unspecified atom stereocenters. The zero-order valence-electron chi connectivity index (χ0n) is 31.2. The third kappa shape index (κ3) is 13.5. The summed E-state index contributed by atoms with van der Waals surface area (Å²) in [5.41, 5.74) is 4.53. The van der Waals surface area contributed by atoms with E-state index in [1.807, 2.05) is 48.5 Å². The standard InChI is InChI=1S/C42H57N5O5S/c1-2-3-4-5-6-7-8-9-10-11-12-13-14-15-40(50)43-29-32-16-22-35(23-17-32)41-51-38(28-39(52-41)34-20-18-33(30-48)19-21-34)31-53-42-44-45-46-47(42)36-24-26-37(49)27-25-36/h16-27,38-39,41,48-49H,2-15,28-31H2,1H3,(H,43,50)/t38-,39+,41?/m0/s1. The molecule has 1 aliphatic heterocycles. The predicted molar refractivity (Wildman–Crippen MR) is 209 cm³/mol. The number of aromatic nitrogens is 4.